The van der Waals surface area contributed by atoms with Crippen LogP contribution >= 0.6 is 0 Å². The van der Waals surface area contributed by atoms with Gasteiger partial charge < -0.3 is 15.0 Å². The van der Waals surface area contributed by atoms with Gasteiger partial charge in [0.1, 0.15) is 17.5 Å². The Labute approximate surface area is 163 Å². The van der Waals surface area contributed by atoms with Crippen molar-refractivity contribution >= 4 is 5.71 Å². The van der Waals surface area contributed by atoms with Crippen LogP contribution in [0.4, 0.5) is 0 Å². The molecule has 0 saturated carbocycles. The molecule has 0 radical (unpaired) electrons. The standard InChI is InChI=1S/C19H25N9/c1-2-16(20-3-1)12-27(13-17-21-4-5-22-17)10-11-28(14-18-23-6-7-24-18)15-19-25-8-9-26-19/h1,3-9H,2,10-15H2,(H,21,22)(H,23,24)(H,25,26). The summed E-state index contributed by atoms with van der Waals surface area (Å²) in [4.78, 5) is 31.9. The van der Waals surface area contributed by atoms with Crippen molar-refractivity contribution in [2.75, 3.05) is 19.6 Å². The minimum Gasteiger partial charge on any atom is -0.348 e. The van der Waals surface area contributed by atoms with Gasteiger partial charge in [0.05, 0.1) is 19.6 Å². The summed E-state index contributed by atoms with van der Waals surface area (Å²) in [6.07, 6.45) is 15.9. The summed E-state index contributed by atoms with van der Waals surface area (Å²) in [7, 11) is 0. The van der Waals surface area contributed by atoms with Crippen LogP contribution in [0.15, 0.2) is 54.4 Å². The Morgan fingerprint density at radius 1 is 0.714 bits per heavy atom. The maximum atomic E-state index is 4.47. The Balaban J connectivity index is 1.40. The number of aliphatic imine (C=N–C) groups is 1. The Hall–Kier alpha value is -3.04. The lowest BCUT2D eigenvalue weighted by Gasteiger charge is -2.26. The first kappa shape index (κ1) is 18.3. The molecule has 1 aliphatic rings. The fourth-order valence-electron chi connectivity index (χ4n) is 3.26. The van der Waals surface area contributed by atoms with E-state index in [-0.39, 0.29) is 0 Å². The van der Waals surface area contributed by atoms with Crippen LogP contribution < -0.4 is 0 Å². The molecular weight excluding hydrogens is 354 g/mol. The van der Waals surface area contributed by atoms with Gasteiger partial charge in [-0.1, -0.05) is 6.08 Å². The van der Waals surface area contributed by atoms with Crippen molar-refractivity contribution in [1.82, 2.24) is 39.7 Å². The van der Waals surface area contributed by atoms with Crippen LogP contribution in [0, 0.1) is 0 Å². The molecule has 0 amide bonds. The van der Waals surface area contributed by atoms with Crippen LogP contribution in [-0.4, -0.2) is 65.0 Å². The third kappa shape index (κ3) is 5.24. The molecule has 4 rings (SSSR count). The minimum atomic E-state index is 0.741. The van der Waals surface area contributed by atoms with Crippen LogP contribution in [0.25, 0.3) is 0 Å². The van der Waals surface area contributed by atoms with E-state index in [0.29, 0.717) is 0 Å². The first-order valence-corrected chi connectivity index (χ1v) is 9.45. The van der Waals surface area contributed by atoms with Gasteiger partial charge in [0.25, 0.3) is 0 Å². The molecule has 9 nitrogen and oxygen atoms in total. The summed E-state index contributed by atoms with van der Waals surface area (Å²) in [5.74, 6) is 2.87. The molecule has 28 heavy (non-hydrogen) atoms. The first-order valence-electron chi connectivity index (χ1n) is 9.45. The van der Waals surface area contributed by atoms with E-state index < -0.39 is 0 Å². The average molecular weight is 379 g/mol. The summed E-state index contributed by atoms with van der Waals surface area (Å²) >= 11 is 0. The van der Waals surface area contributed by atoms with E-state index >= 15 is 0 Å². The highest BCUT2D eigenvalue weighted by Gasteiger charge is 2.16. The van der Waals surface area contributed by atoms with Gasteiger partial charge in [0, 0.05) is 75.1 Å². The van der Waals surface area contributed by atoms with Crippen LogP contribution in [-0.2, 0) is 19.6 Å². The topological polar surface area (TPSA) is 105 Å². The maximum Gasteiger partial charge on any atom is 0.120 e. The van der Waals surface area contributed by atoms with E-state index in [1.54, 1.807) is 18.6 Å². The molecule has 9 heteroatoms. The summed E-state index contributed by atoms with van der Waals surface area (Å²) in [5.41, 5.74) is 1.19. The van der Waals surface area contributed by atoms with E-state index in [4.69, 9.17) is 0 Å². The molecule has 0 bridgehead atoms. The molecule has 0 fully saturated rings. The Bertz CT molecular complexity index is 827. The Kier molecular flexibility index (Phi) is 6.05. The summed E-state index contributed by atoms with van der Waals surface area (Å²) in [5, 5.41) is 0. The largest absolute Gasteiger partial charge is 0.348 e. The lowest BCUT2D eigenvalue weighted by atomic mass is 10.2. The molecule has 0 spiro atoms. The minimum absolute atomic E-state index is 0.741. The van der Waals surface area contributed by atoms with E-state index in [1.165, 1.54) is 5.71 Å². The van der Waals surface area contributed by atoms with Crippen molar-refractivity contribution < 1.29 is 0 Å². The van der Waals surface area contributed by atoms with Gasteiger partial charge in [-0.3, -0.25) is 14.8 Å². The lowest BCUT2D eigenvalue weighted by Crippen LogP contribution is -2.37. The second kappa shape index (κ2) is 9.25. The molecule has 0 saturated heterocycles. The zero-order chi connectivity index (χ0) is 19.0. The smallest absolute Gasteiger partial charge is 0.120 e. The number of hydrogen-bond donors (Lipinski definition) is 3. The molecule has 0 aromatic carbocycles. The fraction of sp³-hybridized carbons (Fsp3) is 0.368. The summed E-state index contributed by atoms with van der Waals surface area (Å²) < 4.78 is 0. The van der Waals surface area contributed by atoms with Gasteiger partial charge in [0.15, 0.2) is 0 Å². The number of aromatic nitrogens is 6. The molecule has 0 unspecified atom stereocenters. The molecule has 4 heterocycles. The molecule has 3 N–H and O–H groups in total. The number of nitrogens with zero attached hydrogens (tertiary/aromatic N) is 6. The third-order valence-electron chi connectivity index (χ3n) is 4.64. The zero-order valence-electron chi connectivity index (χ0n) is 15.8. The molecular formula is C19H25N9. The van der Waals surface area contributed by atoms with Crippen LogP contribution in [0.2, 0.25) is 0 Å². The van der Waals surface area contributed by atoms with Gasteiger partial charge in [-0.2, -0.15) is 0 Å². The van der Waals surface area contributed by atoms with E-state index in [2.05, 4.69) is 50.8 Å². The molecule has 0 atom stereocenters. The van der Waals surface area contributed by atoms with Crippen molar-refractivity contribution in [3.8, 4) is 0 Å². The van der Waals surface area contributed by atoms with Crippen molar-refractivity contribution in [3.05, 3.63) is 66.9 Å². The maximum absolute atomic E-state index is 4.47. The third-order valence-corrected chi connectivity index (χ3v) is 4.64. The second-order valence-corrected chi connectivity index (χ2v) is 6.81. The molecule has 1 aliphatic heterocycles. The number of imidazole rings is 3. The quantitative estimate of drug-likeness (QED) is 0.470. The lowest BCUT2D eigenvalue weighted by molar-refractivity contribution is 0.193. The summed E-state index contributed by atoms with van der Waals surface area (Å²) in [6, 6.07) is 0. The molecule has 146 valence electrons. The first-order chi connectivity index (χ1) is 13.8. The number of allylic oxidation sites excluding steroid dienone is 1. The predicted molar refractivity (Wildman–Crippen MR) is 106 cm³/mol. The molecule has 3 aromatic rings. The van der Waals surface area contributed by atoms with Crippen LogP contribution in [0.3, 0.4) is 0 Å². The predicted octanol–water partition coefficient (Wildman–Crippen LogP) is 1.72. The second-order valence-electron chi connectivity index (χ2n) is 6.81. The van der Waals surface area contributed by atoms with Gasteiger partial charge in [0.2, 0.25) is 0 Å². The highest BCUT2D eigenvalue weighted by Crippen LogP contribution is 2.08. The van der Waals surface area contributed by atoms with Crippen molar-refractivity contribution in [2.24, 2.45) is 4.99 Å². The molecule has 3 aromatic heterocycles. The Morgan fingerprint density at radius 3 is 1.61 bits per heavy atom. The summed E-state index contributed by atoms with van der Waals surface area (Å²) in [6.45, 7) is 4.85. The zero-order valence-corrected chi connectivity index (χ0v) is 15.8. The highest BCUT2D eigenvalue weighted by atomic mass is 15.2. The van der Waals surface area contributed by atoms with Gasteiger partial charge in [-0.25, -0.2) is 15.0 Å². The van der Waals surface area contributed by atoms with Crippen molar-refractivity contribution in [2.45, 2.75) is 26.1 Å². The number of H-pyrrole nitrogens is 3. The monoisotopic (exact) mass is 379 g/mol. The molecule has 0 aliphatic carbocycles. The SMILES string of the molecule is C1=CN=C(CN(CCN(Cc2ncc[nH]2)Cc2ncc[nH]2)Cc2ncc[nH]2)C1. The van der Waals surface area contributed by atoms with Gasteiger partial charge in [-0.05, 0) is 0 Å². The number of nitrogens with one attached hydrogen (secondary N) is 3. The number of aromatic amines is 3. The van der Waals surface area contributed by atoms with E-state index in [9.17, 15) is 0 Å². The van der Waals surface area contributed by atoms with Crippen molar-refractivity contribution in [1.29, 1.82) is 0 Å². The van der Waals surface area contributed by atoms with Gasteiger partial charge in [-0.15, -0.1) is 0 Å². The average Bonchev–Trinajstić information content (AvgIpc) is 3.47. The number of hydrogen-bond acceptors (Lipinski definition) is 6. The normalized spacial score (nSPS) is 13.7. The van der Waals surface area contributed by atoms with Crippen LogP contribution in [0.1, 0.15) is 23.9 Å². The van der Waals surface area contributed by atoms with Crippen molar-refractivity contribution in [3.63, 3.8) is 0 Å². The van der Waals surface area contributed by atoms with Gasteiger partial charge >= 0.3 is 0 Å². The Morgan fingerprint density at radius 2 is 1.21 bits per heavy atom. The number of rotatable bonds is 11. The highest BCUT2D eigenvalue weighted by molar-refractivity contribution is 5.89. The van der Waals surface area contributed by atoms with Crippen LogP contribution in [0.5, 0.6) is 0 Å². The van der Waals surface area contributed by atoms with E-state index in [1.807, 2.05) is 24.8 Å². The fourth-order valence-corrected chi connectivity index (χ4v) is 3.26. The van der Waals surface area contributed by atoms with E-state index in [0.717, 1.165) is 63.2 Å².